The summed E-state index contributed by atoms with van der Waals surface area (Å²) in [6.07, 6.45) is 0. The van der Waals surface area contributed by atoms with E-state index in [4.69, 9.17) is 0 Å². The molecule has 2 rings (SSSR count). The first-order valence-corrected chi connectivity index (χ1v) is 7.89. The molecule has 5 heteroatoms. The van der Waals surface area contributed by atoms with E-state index in [-0.39, 0.29) is 24.5 Å². The number of nitrogens with one attached hydrogen (secondary N) is 2. The van der Waals surface area contributed by atoms with Gasteiger partial charge in [-0.1, -0.05) is 30.3 Å². The number of aliphatic hydroxyl groups excluding tert-OH is 1. The third-order valence-corrected chi connectivity index (χ3v) is 3.52. The van der Waals surface area contributed by atoms with E-state index >= 15 is 0 Å². The molecule has 0 aliphatic rings. The Kier molecular flexibility index (Phi) is 6.09. The van der Waals surface area contributed by atoms with Gasteiger partial charge in [0.2, 0.25) is 0 Å². The Morgan fingerprint density at radius 1 is 0.875 bits per heavy atom. The summed E-state index contributed by atoms with van der Waals surface area (Å²) >= 11 is 0. The van der Waals surface area contributed by atoms with Gasteiger partial charge in [0, 0.05) is 17.2 Å². The zero-order valence-electron chi connectivity index (χ0n) is 13.8. The Balaban J connectivity index is 2.05. The molecule has 126 valence electrons. The lowest BCUT2D eigenvalue weighted by atomic mass is 10.1. The number of benzene rings is 2. The molecule has 0 saturated carbocycles. The smallest absolute Gasteiger partial charge is 0.251 e. The highest BCUT2D eigenvalue weighted by atomic mass is 16.3. The van der Waals surface area contributed by atoms with Gasteiger partial charge in [-0.3, -0.25) is 9.59 Å². The first kappa shape index (κ1) is 17.7. The minimum atomic E-state index is -0.470. The van der Waals surface area contributed by atoms with Crippen molar-refractivity contribution in [3.05, 3.63) is 71.3 Å². The molecule has 0 unspecified atom stereocenters. The molecule has 2 aromatic carbocycles. The van der Waals surface area contributed by atoms with Crippen molar-refractivity contribution in [2.45, 2.75) is 25.9 Å². The summed E-state index contributed by atoms with van der Waals surface area (Å²) in [4.78, 5) is 24.2. The summed E-state index contributed by atoms with van der Waals surface area (Å²) in [5.41, 5.74) is 1.77. The van der Waals surface area contributed by atoms with Crippen LogP contribution in [0.15, 0.2) is 54.6 Å². The van der Waals surface area contributed by atoms with E-state index in [0.29, 0.717) is 11.1 Å². The van der Waals surface area contributed by atoms with Crippen LogP contribution in [0.5, 0.6) is 0 Å². The molecule has 0 radical (unpaired) electrons. The number of aliphatic hydroxyl groups is 1. The van der Waals surface area contributed by atoms with Gasteiger partial charge in [0.05, 0.1) is 12.6 Å². The largest absolute Gasteiger partial charge is 0.394 e. The second-order valence-corrected chi connectivity index (χ2v) is 5.82. The van der Waals surface area contributed by atoms with E-state index in [0.717, 1.165) is 5.56 Å². The van der Waals surface area contributed by atoms with Gasteiger partial charge < -0.3 is 15.7 Å². The Bertz CT molecular complexity index is 682. The molecule has 0 aliphatic carbocycles. The van der Waals surface area contributed by atoms with Crippen LogP contribution in [0.3, 0.4) is 0 Å². The maximum atomic E-state index is 12.3. The summed E-state index contributed by atoms with van der Waals surface area (Å²) in [7, 11) is 0. The average molecular weight is 326 g/mol. The molecule has 0 bridgehead atoms. The van der Waals surface area contributed by atoms with E-state index in [1.807, 2.05) is 44.2 Å². The normalized spacial score (nSPS) is 11.8. The molecule has 0 heterocycles. The van der Waals surface area contributed by atoms with Gasteiger partial charge in [0.25, 0.3) is 11.8 Å². The number of amides is 2. The van der Waals surface area contributed by atoms with Gasteiger partial charge >= 0.3 is 0 Å². The van der Waals surface area contributed by atoms with E-state index < -0.39 is 6.04 Å². The SMILES string of the molecule is CC(C)NC(=O)c1ccc(C(=O)N[C@H](CO)c2ccccc2)cc1. The third kappa shape index (κ3) is 4.67. The van der Waals surface area contributed by atoms with Crippen molar-refractivity contribution in [1.29, 1.82) is 0 Å². The summed E-state index contributed by atoms with van der Waals surface area (Å²) in [5, 5.41) is 15.1. The molecule has 2 amide bonds. The molecule has 1 atom stereocenters. The predicted molar refractivity (Wildman–Crippen MR) is 92.8 cm³/mol. The zero-order chi connectivity index (χ0) is 17.5. The minimum Gasteiger partial charge on any atom is -0.394 e. The average Bonchev–Trinajstić information content (AvgIpc) is 2.59. The van der Waals surface area contributed by atoms with E-state index in [2.05, 4.69) is 10.6 Å². The molecule has 0 spiro atoms. The lowest BCUT2D eigenvalue weighted by Gasteiger charge is -2.17. The van der Waals surface area contributed by atoms with Crippen LogP contribution in [0.2, 0.25) is 0 Å². The second kappa shape index (κ2) is 8.26. The van der Waals surface area contributed by atoms with E-state index in [9.17, 15) is 14.7 Å². The van der Waals surface area contributed by atoms with E-state index in [1.165, 1.54) is 0 Å². The van der Waals surface area contributed by atoms with Gasteiger partial charge in [0.15, 0.2) is 0 Å². The zero-order valence-corrected chi connectivity index (χ0v) is 13.8. The van der Waals surface area contributed by atoms with Crippen LogP contribution in [0.4, 0.5) is 0 Å². The first-order valence-electron chi connectivity index (χ1n) is 7.89. The quantitative estimate of drug-likeness (QED) is 0.762. The van der Waals surface area contributed by atoms with Gasteiger partial charge in [-0.05, 0) is 43.7 Å². The minimum absolute atomic E-state index is 0.0525. The fourth-order valence-corrected chi connectivity index (χ4v) is 2.28. The topological polar surface area (TPSA) is 78.4 Å². The maximum absolute atomic E-state index is 12.3. The summed E-state index contributed by atoms with van der Waals surface area (Å²) in [5.74, 6) is -0.469. The van der Waals surface area contributed by atoms with Crippen LogP contribution < -0.4 is 10.6 Å². The van der Waals surface area contributed by atoms with Crippen molar-refractivity contribution in [1.82, 2.24) is 10.6 Å². The number of carbonyl (C=O) groups excluding carboxylic acids is 2. The summed E-state index contributed by atoms with van der Waals surface area (Å²) < 4.78 is 0. The third-order valence-electron chi connectivity index (χ3n) is 3.52. The predicted octanol–water partition coefficient (Wildman–Crippen LogP) is 2.29. The molecule has 0 saturated heterocycles. The lowest BCUT2D eigenvalue weighted by molar-refractivity contribution is 0.0912. The number of rotatable bonds is 6. The lowest BCUT2D eigenvalue weighted by Crippen LogP contribution is -2.31. The first-order chi connectivity index (χ1) is 11.5. The number of hydrogen-bond donors (Lipinski definition) is 3. The molecule has 0 fully saturated rings. The Hall–Kier alpha value is -2.66. The highest BCUT2D eigenvalue weighted by Crippen LogP contribution is 2.13. The summed E-state index contributed by atoms with van der Waals surface area (Å²) in [6, 6.07) is 15.3. The molecule has 0 aromatic heterocycles. The Morgan fingerprint density at radius 2 is 1.38 bits per heavy atom. The molecule has 3 N–H and O–H groups in total. The number of carbonyl (C=O) groups is 2. The molecular formula is C19H22N2O3. The molecule has 2 aromatic rings. The second-order valence-electron chi connectivity index (χ2n) is 5.82. The van der Waals surface area contributed by atoms with Crippen molar-refractivity contribution in [3.63, 3.8) is 0 Å². The monoisotopic (exact) mass is 326 g/mol. The fourth-order valence-electron chi connectivity index (χ4n) is 2.28. The molecule has 24 heavy (non-hydrogen) atoms. The number of hydrogen-bond acceptors (Lipinski definition) is 3. The molecule has 0 aliphatic heterocycles. The van der Waals surface area contributed by atoms with Crippen molar-refractivity contribution < 1.29 is 14.7 Å². The van der Waals surface area contributed by atoms with Crippen LogP contribution in [0.1, 0.15) is 46.2 Å². The summed E-state index contributed by atoms with van der Waals surface area (Å²) in [6.45, 7) is 3.58. The van der Waals surface area contributed by atoms with Crippen LogP contribution in [0.25, 0.3) is 0 Å². The van der Waals surface area contributed by atoms with E-state index in [1.54, 1.807) is 24.3 Å². The maximum Gasteiger partial charge on any atom is 0.251 e. The van der Waals surface area contributed by atoms with Crippen LogP contribution in [0, 0.1) is 0 Å². The Morgan fingerprint density at radius 3 is 1.83 bits per heavy atom. The highest BCUT2D eigenvalue weighted by Gasteiger charge is 2.15. The van der Waals surface area contributed by atoms with Gasteiger partial charge in [0.1, 0.15) is 0 Å². The van der Waals surface area contributed by atoms with Gasteiger partial charge in [-0.2, -0.15) is 0 Å². The highest BCUT2D eigenvalue weighted by molar-refractivity contribution is 5.98. The van der Waals surface area contributed by atoms with Crippen LogP contribution in [-0.4, -0.2) is 29.6 Å². The van der Waals surface area contributed by atoms with Crippen molar-refractivity contribution in [2.24, 2.45) is 0 Å². The van der Waals surface area contributed by atoms with Crippen molar-refractivity contribution in [2.75, 3.05) is 6.61 Å². The fraction of sp³-hybridized carbons (Fsp3) is 0.263. The molecule has 5 nitrogen and oxygen atoms in total. The molecular weight excluding hydrogens is 304 g/mol. The van der Waals surface area contributed by atoms with Crippen molar-refractivity contribution in [3.8, 4) is 0 Å². The van der Waals surface area contributed by atoms with Crippen LogP contribution >= 0.6 is 0 Å². The Labute approximate surface area is 141 Å². The van der Waals surface area contributed by atoms with Crippen LogP contribution in [-0.2, 0) is 0 Å². The van der Waals surface area contributed by atoms with Crippen molar-refractivity contribution >= 4 is 11.8 Å². The van der Waals surface area contributed by atoms with Gasteiger partial charge in [-0.15, -0.1) is 0 Å². The van der Waals surface area contributed by atoms with Gasteiger partial charge in [-0.25, -0.2) is 0 Å². The standard InChI is InChI=1S/C19H22N2O3/c1-13(2)20-18(23)15-8-10-16(11-9-15)19(24)21-17(12-22)14-6-4-3-5-7-14/h3-11,13,17,22H,12H2,1-2H3,(H,20,23)(H,21,24)/t17-/m1/s1.